The Morgan fingerprint density at radius 3 is 2.55 bits per heavy atom. The quantitative estimate of drug-likeness (QED) is 0.860. The van der Waals surface area contributed by atoms with Crippen molar-refractivity contribution >= 4 is 5.91 Å². The Kier molecular flexibility index (Phi) is 4.98. The molecule has 0 aliphatic carbocycles. The summed E-state index contributed by atoms with van der Waals surface area (Å²) in [6, 6.07) is 9.13. The fraction of sp³-hybridized carbons (Fsp3) is 0.353. The monoisotopic (exact) mass is 305 g/mol. The highest BCUT2D eigenvalue weighted by molar-refractivity contribution is 5.92. The number of aliphatic hydroxyl groups excluding tert-OH is 1. The topological polar surface area (TPSA) is 62.5 Å². The highest BCUT2D eigenvalue weighted by atomic mass is 19.1. The number of hydrogen-bond donors (Lipinski definition) is 2. The predicted molar refractivity (Wildman–Crippen MR) is 82.0 cm³/mol. The Morgan fingerprint density at radius 2 is 1.95 bits per heavy atom. The van der Waals surface area contributed by atoms with Crippen molar-refractivity contribution in [1.82, 2.24) is 5.32 Å². The molecule has 1 aromatic carbocycles. The second kappa shape index (κ2) is 6.75. The van der Waals surface area contributed by atoms with Crippen molar-refractivity contribution in [1.29, 1.82) is 0 Å². The molecule has 4 nitrogen and oxygen atoms in total. The van der Waals surface area contributed by atoms with Gasteiger partial charge >= 0.3 is 0 Å². The molecule has 118 valence electrons. The van der Waals surface area contributed by atoms with E-state index in [1.165, 1.54) is 12.1 Å². The maximum atomic E-state index is 12.9. The Balaban J connectivity index is 2.13. The van der Waals surface area contributed by atoms with E-state index in [1.807, 2.05) is 13.8 Å². The molecule has 1 atom stereocenters. The number of amides is 1. The van der Waals surface area contributed by atoms with Crippen molar-refractivity contribution in [3.63, 3.8) is 0 Å². The summed E-state index contributed by atoms with van der Waals surface area (Å²) in [6.45, 7) is 3.83. The van der Waals surface area contributed by atoms with Crippen molar-refractivity contribution < 1.29 is 18.7 Å². The average Bonchev–Trinajstić information content (AvgIpc) is 2.98. The van der Waals surface area contributed by atoms with Crippen LogP contribution < -0.4 is 5.32 Å². The second-order valence-corrected chi connectivity index (χ2v) is 5.51. The number of benzene rings is 1. The van der Waals surface area contributed by atoms with Crippen LogP contribution in [0.2, 0.25) is 0 Å². The molecule has 0 spiro atoms. The molecule has 0 radical (unpaired) electrons. The number of carbonyl (C=O) groups is 1. The Hall–Kier alpha value is -2.14. The van der Waals surface area contributed by atoms with E-state index < -0.39 is 5.54 Å². The molecule has 0 aliphatic heterocycles. The van der Waals surface area contributed by atoms with Crippen LogP contribution in [0.4, 0.5) is 4.39 Å². The summed E-state index contributed by atoms with van der Waals surface area (Å²) in [5.41, 5.74) is 0.225. The zero-order valence-electron chi connectivity index (χ0n) is 12.7. The average molecular weight is 305 g/mol. The van der Waals surface area contributed by atoms with Crippen LogP contribution in [0, 0.1) is 5.82 Å². The SMILES string of the molecule is CCC(C)(CCO)NC(=O)c1ccc(-c2ccc(F)cc2)o1. The van der Waals surface area contributed by atoms with Crippen LogP contribution in [0.15, 0.2) is 40.8 Å². The molecular formula is C17H20FNO3. The van der Waals surface area contributed by atoms with E-state index in [1.54, 1.807) is 24.3 Å². The summed E-state index contributed by atoms with van der Waals surface area (Å²) in [4.78, 5) is 12.2. The zero-order valence-corrected chi connectivity index (χ0v) is 12.7. The van der Waals surface area contributed by atoms with Crippen LogP contribution >= 0.6 is 0 Å². The molecule has 1 amide bonds. The highest BCUT2D eigenvalue weighted by Crippen LogP contribution is 2.23. The van der Waals surface area contributed by atoms with Gasteiger partial charge in [0.05, 0.1) is 0 Å². The van der Waals surface area contributed by atoms with Crippen molar-refractivity contribution in [3.8, 4) is 11.3 Å². The molecule has 5 heteroatoms. The van der Waals surface area contributed by atoms with Gasteiger partial charge in [-0.2, -0.15) is 0 Å². The molecule has 2 N–H and O–H groups in total. The van der Waals surface area contributed by atoms with E-state index in [2.05, 4.69) is 5.32 Å². The molecule has 0 saturated carbocycles. The lowest BCUT2D eigenvalue weighted by molar-refractivity contribution is 0.0858. The summed E-state index contributed by atoms with van der Waals surface area (Å²) in [5, 5.41) is 12.0. The van der Waals surface area contributed by atoms with Gasteiger partial charge in [0.2, 0.25) is 0 Å². The Bertz CT molecular complexity index is 636. The van der Waals surface area contributed by atoms with Crippen molar-refractivity contribution in [2.75, 3.05) is 6.61 Å². The van der Waals surface area contributed by atoms with Crippen LogP contribution in [-0.4, -0.2) is 23.2 Å². The first kappa shape index (κ1) is 16.2. The van der Waals surface area contributed by atoms with Gasteiger partial charge in [0.25, 0.3) is 5.91 Å². The van der Waals surface area contributed by atoms with Crippen LogP contribution in [0.25, 0.3) is 11.3 Å². The molecule has 1 unspecified atom stereocenters. The minimum atomic E-state index is -0.478. The smallest absolute Gasteiger partial charge is 0.287 e. The maximum absolute atomic E-state index is 12.9. The molecule has 0 bridgehead atoms. The number of nitrogens with one attached hydrogen (secondary N) is 1. The molecule has 2 aromatic rings. The Morgan fingerprint density at radius 1 is 1.27 bits per heavy atom. The second-order valence-electron chi connectivity index (χ2n) is 5.51. The van der Waals surface area contributed by atoms with Gasteiger partial charge in [-0.15, -0.1) is 0 Å². The standard InChI is InChI=1S/C17H20FNO3/c1-3-17(2,10-11-20)19-16(21)15-9-8-14(22-15)12-4-6-13(18)7-5-12/h4-9,20H,3,10-11H2,1-2H3,(H,19,21). The number of aliphatic hydroxyl groups is 1. The first-order chi connectivity index (χ1) is 10.5. The van der Waals surface area contributed by atoms with Crippen LogP contribution in [0.1, 0.15) is 37.2 Å². The lowest BCUT2D eigenvalue weighted by Crippen LogP contribution is -2.46. The number of furan rings is 1. The van der Waals surface area contributed by atoms with Gasteiger partial charge in [0, 0.05) is 17.7 Å². The van der Waals surface area contributed by atoms with E-state index in [9.17, 15) is 9.18 Å². The van der Waals surface area contributed by atoms with Crippen molar-refractivity contribution in [2.45, 2.75) is 32.2 Å². The Labute approximate surface area is 129 Å². The maximum Gasteiger partial charge on any atom is 0.287 e. The molecule has 1 heterocycles. The fourth-order valence-corrected chi connectivity index (χ4v) is 2.14. The minimum Gasteiger partial charge on any atom is -0.451 e. The summed E-state index contributed by atoms with van der Waals surface area (Å²) >= 11 is 0. The molecular weight excluding hydrogens is 285 g/mol. The summed E-state index contributed by atoms with van der Waals surface area (Å²) in [5.74, 6) is 0.0459. The summed E-state index contributed by atoms with van der Waals surface area (Å²) < 4.78 is 18.5. The third-order valence-corrected chi connectivity index (χ3v) is 3.82. The number of halogens is 1. The number of hydrogen-bond acceptors (Lipinski definition) is 3. The van der Waals surface area contributed by atoms with E-state index in [0.29, 0.717) is 24.2 Å². The van der Waals surface area contributed by atoms with Gasteiger partial charge in [0.15, 0.2) is 5.76 Å². The van der Waals surface area contributed by atoms with Gasteiger partial charge in [-0.05, 0) is 56.2 Å². The van der Waals surface area contributed by atoms with Crippen LogP contribution in [0.3, 0.4) is 0 Å². The van der Waals surface area contributed by atoms with Gasteiger partial charge in [-0.25, -0.2) is 4.39 Å². The zero-order chi connectivity index (χ0) is 16.2. The van der Waals surface area contributed by atoms with Crippen molar-refractivity contribution in [2.24, 2.45) is 0 Å². The third-order valence-electron chi connectivity index (χ3n) is 3.82. The molecule has 0 saturated heterocycles. The first-order valence-electron chi connectivity index (χ1n) is 7.26. The van der Waals surface area contributed by atoms with Crippen LogP contribution in [-0.2, 0) is 0 Å². The first-order valence-corrected chi connectivity index (χ1v) is 7.26. The minimum absolute atomic E-state index is 0.00358. The highest BCUT2D eigenvalue weighted by Gasteiger charge is 2.25. The van der Waals surface area contributed by atoms with Gasteiger partial charge in [0.1, 0.15) is 11.6 Å². The summed E-state index contributed by atoms with van der Waals surface area (Å²) in [7, 11) is 0. The molecule has 2 rings (SSSR count). The fourth-order valence-electron chi connectivity index (χ4n) is 2.14. The number of carbonyl (C=O) groups excluding carboxylic acids is 1. The molecule has 0 aliphatic rings. The van der Waals surface area contributed by atoms with E-state index in [4.69, 9.17) is 9.52 Å². The van der Waals surface area contributed by atoms with Gasteiger partial charge < -0.3 is 14.8 Å². The van der Waals surface area contributed by atoms with E-state index in [-0.39, 0.29) is 24.1 Å². The summed E-state index contributed by atoms with van der Waals surface area (Å²) in [6.07, 6.45) is 1.17. The molecule has 1 aromatic heterocycles. The van der Waals surface area contributed by atoms with Gasteiger partial charge in [-0.3, -0.25) is 4.79 Å². The predicted octanol–water partition coefficient (Wildman–Crippen LogP) is 3.37. The lowest BCUT2D eigenvalue weighted by atomic mass is 9.95. The normalized spacial score (nSPS) is 13.6. The largest absolute Gasteiger partial charge is 0.451 e. The van der Waals surface area contributed by atoms with E-state index in [0.717, 1.165) is 0 Å². The van der Waals surface area contributed by atoms with Gasteiger partial charge in [-0.1, -0.05) is 6.92 Å². The molecule has 22 heavy (non-hydrogen) atoms. The third kappa shape index (κ3) is 3.74. The van der Waals surface area contributed by atoms with E-state index >= 15 is 0 Å². The number of rotatable bonds is 6. The van der Waals surface area contributed by atoms with Crippen LogP contribution in [0.5, 0.6) is 0 Å². The van der Waals surface area contributed by atoms with Crippen molar-refractivity contribution in [3.05, 3.63) is 48.0 Å². The lowest BCUT2D eigenvalue weighted by Gasteiger charge is -2.28. The molecule has 0 fully saturated rings.